The smallest absolute Gasteiger partial charge is 0.101 e. The predicted octanol–water partition coefficient (Wildman–Crippen LogP) is 4.95. The Kier molecular flexibility index (Phi) is 5.25. The maximum Gasteiger partial charge on any atom is 0.101 e. The van der Waals surface area contributed by atoms with E-state index in [9.17, 15) is 0 Å². The van der Waals surface area contributed by atoms with Crippen LogP contribution in [0.25, 0.3) is 0 Å². The van der Waals surface area contributed by atoms with E-state index in [1.165, 1.54) is 11.1 Å². The quantitative estimate of drug-likeness (QED) is 0.847. The molecule has 2 aromatic rings. The molecule has 1 unspecified atom stereocenters. The van der Waals surface area contributed by atoms with Crippen molar-refractivity contribution in [1.82, 2.24) is 0 Å². The molecule has 3 heteroatoms. The third-order valence-electron chi connectivity index (χ3n) is 3.45. The van der Waals surface area contributed by atoms with Crippen LogP contribution in [-0.4, -0.2) is 6.04 Å². The van der Waals surface area contributed by atoms with Gasteiger partial charge in [-0.25, -0.2) is 0 Å². The highest BCUT2D eigenvalue weighted by atomic mass is 35.5. The Morgan fingerprint density at radius 3 is 2.76 bits per heavy atom. The van der Waals surface area contributed by atoms with E-state index in [-0.39, 0.29) is 0 Å². The fourth-order valence-corrected chi connectivity index (χ4v) is 2.47. The molecular formula is C18H19ClN2. The van der Waals surface area contributed by atoms with Gasteiger partial charge in [0.2, 0.25) is 0 Å². The molecule has 1 N–H and O–H groups in total. The fourth-order valence-electron chi connectivity index (χ4n) is 2.31. The van der Waals surface area contributed by atoms with Crippen molar-refractivity contribution in [3.05, 3.63) is 64.2 Å². The van der Waals surface area contributed by atoms with Crippen molar-refractivity contribution < 1.29 is 0 Å². The molecule has 0 amide bonds. The summed E-state index contributed by atoms with van der Waals surface area (Å²) in [6, 6.07) is 16.5. The number of rotatable bonds is 5. The topological polar surface area (TPSA) is 35.8 Å². The molecule has 0 aliphatic carbocycles. The first-order valence-electron chi connectivity index (χ1n) is 7.10. The first kappa shape index (κ1) is 15.4. The van der Waals surface area contributed by atoms with Crippen molar-refractivity contribution in [1.29, 1.82) is 5.26 Å². The Morgan fingerprint density at radius 1 is 1.24 bits per heavy atom. The van der Waals surface area contributed by atoms with Gasteiger partial charge in [-0.2, -0.15) is 5.26 Å². The van der Waals surface area contributed by atoms with Crippen molar-refractivity contribution in [3.8, 4) is 6.07 Å². The number of halogens is 1. The number of benzene rings is 2. The standard InChI is InChI=1S/C18H19ClN2/c1-13-4-3-5-15(10-13)7-6-14(2)21-17-8-9-18(19)16(11-17)12-20/h3-5,8-11,14,21H,6-7H2,1-2H3. The van der Waals surface area contributed by atoms with Gasteiger partial charge in [-0.05, 0) is 50.5 Å². The second-order valence-electron chi connectivity index (χ2n) is 5.38. The minimum atomic E-state index is 0.332. The van der Waals surface area contributed by atoms with Crippen LogP contribution < -0.4 is 5.32 Å². The van der Waals surface area contributed by atoms with Crippen LogP contribution >= 0.6 is 11.6 Å². The second-order valence-corrected chi connectivity index (χ2v) is 5.79. The summed E-state index contributed by atoms with van der Waals surface area (Å²) >= 11 is 5.94. The maximum absolute atomic E-state index is 8.99. The Labute approximate surface area is 131 Å². The first-order valence-corrected chi connectivity index (χ1v) is 7.48. The van der Waals surface area contributed by atoms with Gasteiger partial charge in [0.15, 0.2) is 0 Å². The summed E-state index contributed by atoms with van der Waals surface area (Å²) in [6.07, 6.45) is 2.07. The number of nitrogens with zero attached hydrogens (tertiary/aromatic N) is 1. The van der Waals surface area contributed by atoms with Gasteiger partial charge in [0.1, 0.15) is 6.07 Å². The predicted molar refractivity (Wildman–Crippen MR) is 88.8 cm³/mol. The van der Waals surface area contributed by atoms with Crippen LogP contribution in [0.15, 0.2) is 42.5 Å². The van der Waals surface area contributed by atoms with Crippen LogP contribution in [0, 0.1) is 18.3 Å². The van der Waals surface area contributed by atoms with E-state index >= 15 is 0 Å². The fraction of sp³-hybridized carbons (Fsp3) is 0.278. The summed E-state index contributed by atoms with van der Waals surface area (Å²) < 4.78 is 0. The summed E-state index contributed by atoms with van der Waals surface area (Å²) in [5.41, 5.74) is 4.10. The van der Waals surface area contributed by atoms with E-state index in [4.69, 9.17) is 16.9 Å². The number of aryl methyl sites for hydroxylation is 2. The molecule has 0 aromatic heterocycles. The molecule has 2 aromatic carbocycles. The molecule has 0 heterocycles. The summed E-state index contributed by atoms with van der Waals surface area (Å²) in [5.74, 6) is 0. The molecule has 0 radical (unpaired) electrons. The lowest BCUT2D eigenvalue weighted by Crippen LogP contribution is -2.16. The first-order chi connectivity index (χ1) is 10.1. The minimum absolute atomic E-state index is 0.332. The molecule has 21 heavy (non-hydrogen) atoms. The molecule has 108 valence electrons. The van der Waals surface area contributed by atoms with Crippen LogP contribution in [0.1, 0.15) is 30.0 Å². The van der Waals surface area contributed by atoms with Gasteiger partial charge >= 0.3 is 0 Å². The SMILES string of the molecule is Cc1cccc(CCC(C)Nc2ccc(Cl)c(C#N)c2)c1. The maximum atomic E-state index is 8.99. The average molecular weight is 299 g/mol. The zero-order valence-corrected chi connectivity index (χ0v) is 13.1. The Hall–Kier alpha value is -1.98. The van der Waals surface area contributed by atoms with Gasteiger partial charge in [0.25, 0.3) is 0 Å². The lowest BCUT2D eigenvalue weighted by molar-refractivity contribution is 0.706. The van der Waals surface area contributed by atoms with Crippen LogP contribution in [-0.2, 0) is 6.42 Å². The number of nitriles is 1. The molecule has 0 saturated heterocycles. The molecule has 0 aliphatic heterocycles. The van der Waals surface area contributed by atoms with Gasteiger partial charge in [0.05, 0.1) is 10.6 Å². The van der Waals surface area contributed by atoms with Gasteiger partial charge in [-0.3, -0.25) is 0 Å². The van der Waals surface area contributed by atoms with Crippen LogP contribution in [0.5, 0.6) is 0 Å². The van der Waals surface area contributed by atoms with Crippen LogP contribution in [0.4, 0.5) is 5.69 Å². The summed E-state index contributed by atoms with van der Waals surface area (Å²) in [5, 5.41) is 12.9. The van der Waals surface area contributed by atoms with Crippen molar-refractivity contribution in [2.75, 3.05) is 5.32 Å². The monoisotopic (exact) mass is 298 g/mol. The van der Waals surface area contributed by atoms with Gasteiger partial charge < -0.3 is 5.32 Å². The van der Waals surface area contributed by atoms with Gasteiger partial charge in [0, 0.05) is 11.7 Å². The number of hydrogen-bond donors (Lipinski definition) is 1. The van der Waals surface area contributed by atoms with E-state index in [0.29, 0.717) is 16.6 Å². The molecule has 0 fully saturated rings. The zero-order chi connectivity index (χ0) is 15.2. The summed E-state index contributed by atoms with van der Waals surface area (Å²) in [4.78, 5) is 0. The summed E-state index contributed by atoms with van der Waals surface area (Å²) in [6.45, 7) is 4.26. The van der Waals surface area contributed by atoms with E-state index in [1.54, 1.807) is 12.1 Å². The Bertz CT molecular complexity index is 659. The van der Waals surface area contributed by atoms with Crippen molar-refractivity contribution in [2.45, 2.75) is 32.7 Å². The molecule has 2 rings (SSSR count). The molecule has 0 spiro atoms. The van der Waals surface area contributed by atoms with Crippen LogP contribution in [0.2, 0.25) is 5.02 Å². The lowest BCUT2D eigenvalue weighted by atomic mass is 10.0. The lowest BCUT2D eigenvalue weighted by Gasteiger charge is -2.16. The van der Waals surface area contributed by atoms with Crippen molar-refractivity contribution >= 4 is 17.3 Å². The molecule has 0 bridgehead atoms. The normalized spacial score (nSPS) is 11.7. The zero-order valence-electron chi connectivity index (χ0n) is 12.4. The van der Waals surface area contributed by atoms with E-state index in [1.807, 2.05) is 6.07 Å². The van der Waals surface area contributed by atoms with Crippen LogP contribution in [0.3, 0.4) is 0 Å². The molecule has 0 aliphatic rings. The highest BCUT2D eigenvalue weighted by Gasteiger charge is 2.05. The second kappa shape index (κ2) is 7.15. The highest BCUT2D eigenvalue weighted by molar-refractivity contribution is 6.31. The minimum Gasteiger partial charge on any atom is -0.383 e. The van der Waals surface area contributed by atoms with Crippen molar-refractivity contribution in [2.24, 2.45) is 0 Å². The van der Waals surface area contributed by atoms with E-state index in [2.05, 4.69) is 49.5 Å². The molecule has 1 atom stereocenters. The highest BCUT2D eigenvalue weighted by Crippen LogP contribution is 2.21. The summed E-state index contributed by atoms with van der Waals surface area (Å²) in [7, 11) is 0. The van der Waals surface area contributed by atoms with Gasteiger partial charge in [-0.15, -0.1) is 0 Å². The number of hydrogen-bond acceptors (Lipinski definition) is 2. The molecule has 2 nitrogen and oxygen atoms in total. The molecular weight excluding hydrogens is 280 g/mol. The Balaban J connectivity index is 1.93. The van der Waals surface area contributed by atoms with E-state index < -0.39 is 0 Å². The number of anilines is 1. The third kappa shape index (κ3) is 4.51. The Morgan fingerprint density at radius 2 is 2.05 bits per heavy atom. The van der Waals surface area contributed by atoms with Crippen molar-refractivity contribution in [3.63, 3.8) is 0 Å². The third-order valence-corrected chi connectivity index (χ3v) is 3.78. The largest absolute Gasteiger partial charge is 0.383 e. The average Bonchev–Trinajstić information content (AvgIpc) is 2.47. The van der Waals surface area contributed by atoms with Gasteiger partial charge in [-0.1, -0.05) is 41.4 Å². The molecule has 0 saturated carbocycles. The number of nitrogens with one attached hydrogen (secondary N) is 1. The van der Waals surface area contributed by atoms with E-state index in [0.717, 1.165) is 18.5 Å².